The van der Waals surface area contributed by atoms with Gasteiger partial charge in [0.15, 0.2) is 5.69 Å². The second-order valence-corrected chi connectivity index (χ2v) is 3.02. The summed E-state index contributed by atoms with van der Waals surface area (Å²) in [4.78, 5) is 19.5. The van der Waals surface area contributed by atoms with Crippen LogP contribution in [0.15, 0.2) is 18.6 Å². The van der Waals surface area contributed by atoms with Crippen LogP contribution in [0.5, 0.6) is 0 Å². The molecule has 1 heterocycles. The predicted octanol–water partition coefficient (Wildman–Crippen LogP) is 1.52. The average Bonchev–Trinajstić information content (AvgIpc) is 2.33. The van der Waals surface area contributed by atoms with Gasteiger partial charge in [-0.15, -0.1) is 0 Å². The van der Waals surface area contributed by atoms with Gasteiger partial charge < -0.3 is 10.0 Å². The smallest absolute Gasteiger partial charge is 0.354 e. The van der Waals surface area contributed by atoms with Gasteiger partial charge in [-0.1, -0.05) is 20.8 Å². The molecule has 5 heteroatoms. The summed E-state index contributed by atoms with van der Waals surface area (Å²) in [6.45, 7) is 10.1. The third-order valence-electron chi connectivity index (χ3n) is 2.14. The summed E-state index contributed by atoms with van der Waals surface area (Å²) >= 11 is 0. The molecule has 0 unspecified atom stereocenters. The molecule has 0 atom stereocenters. The molecule has 1 N–H and O–H groups in total. The monoisotopic (exact) mass is 225 g/mol. The van der Waals surface area contributed by atoms with E-state index in [1.165, 1.54) is 38.2 Å². The summed E-state index contributed by atoms with van der Waals surface area (Å²) < 4.78 is 0. The highest BCUT2D eigenvalue weighted by Gasteiger charge is 1.99. The number of carboxylic acid groups (broad SMARTS) is 1. The highest BCUT2D eigenvalue weighted by molar-refractivity contribution is 5.84. The van der Waals surface area contributed by atoms with E-state index in [9.17, 15) is 4.79 Å². The fourth-order valence-electron chi connectivity index (χ4n) is 1.09. The van der Waals surface area contributed by atoms with Crippen LogP contribution in [-0.2, 0) is 0 Å². The molecule has 0 radical (unpaired) electrons. The zero-order chi connectivity index (χ0) is 12.4. The molecule has 1 aromatic heterocycles. The summed E-state index contributed by atoms with van der Waals surface area (Å²) in [6.07, 6.45) is 2.58. The lowest BCUT2D eigenvalue weighted by Gasteiger charge is -2.13. The van der Waals surface area contributed by atoms with E-state index in [4.69, 9.17) is 5.11 Å². The number of rotatable bonds is 4. The van der Waals surface area contributed by atoms with Gasteiger partial charge in [-0.25, -0.2) is 14.8 Å². The lowest BCUT2D eigenvalue weighted by molar-refractivity contribution is 0.0690. The summed E-state index contributed by atoms with van der Waals surface area (Å²) in [7, 11) is 0. The Morgan fingerprint density at radius 1 is 1.31 bits per heavy atom. The molecule has 5 nitrogen and oxygen atoms in total. The van der Waals surface area contributed by atoms with E-state index >= 15 is 0 Å². The zero-order valence-corrected chi connectivity index (χ0v) is 10.1. The van der Waals surface area contributed by atoms with Gasteiger partial charge in [0.25, 0.3) is 0 Å². The first kappa shape index (κ1) is 14.5. The molecule has 0 aliphatic carbocycles. The fourth-order valence-corrected chi connectivity index (χ4v) is 1.09. The Morgan fingerprint density at radius 2 is 1.88 bits per heavy atom. The van der Waals surface area contributed by atoms with Crippen molar-refractivity contribution < 1.29 is 9.90 Å². The molecule has 0 aliphatic rings. The second-order valence-electron chi connectivity index (χ2n) is 3.02. The molecule has 0 aliphatic heterocycles. The van der Waals surface area contributed by atoms with E-state index < -0.39 is 5.97 Å². The van der Waals surface area contributed by atoms with Crippen molar-refractivity contribution >= 4 is 5.97 Å². The molecule has 0 saturated carbocycles. The van der Waals surface area contributed by atoms with Gasteiger partial charge in [0.2, 0.25) is 0 Å². The van der Waals surface area contributed by atoms with Gasteiger partial charge in [0.05, 0.1) is 0 Å². The van der Waals surface area contributed by atoms with Gasteiger partial charge in [0, 0.05) is 6.20 Å². The van der Waals surface area contributed by atoms with Gasteiger partial charge in [-0.3, -0.25) is 0 Å². The molecule has 0 saturated heterocycles. The SMILES string of the molecule is CCN(CC)CC.O=C(O)c1ccncn1. The highest BCUT2D eigenvalue weighted by Crippen LogP contribution is 1.87. The Hall–Kier alpha value is -1.49. The van der Waals surface area contributed by atoms with Gasteiger partial charge in [-0.2, -0.15) is 0 Å². The second kappa shape index (κ2) is 8.79. The Kier molecular flexibility index (Phi) is 7.97. The van der Waals surface area contributed by atoms with Crippen molar-refractivity contribution in [3.8, 4) is 0 Å². The van der Waals surface area contributed by atoms with Crippen LogP contribution in [0.2, 0.25) is 0 Å². The minimum absolute atomic E-state index is 0.0185. The van der Waals surface area contributed by atoms with E-state index in [1.54, 1.807) is 0 Å². The lowest BCUT2D eigenvalue weighted by Crippen LogP contribution is -2.21. The van der Waals surface area contributed by atoms with Crippen molar-refractivity contribution in [1.29, 1.82) is 0 Å². The minimum atomic E-state index is -1.03. The minimum Gasteiger partial charge on any atom is -0.477 e. The number of aromatic carboxylic acids is 1. The molecular weight excluding hydrogens is 206 g/mol. The van der Waals surface area contributed by atoms with Crippen LogP contribution >= 0.6 is 0 Å². The van der Waals surface area contributed by atoms with Crippen LogP contribution in [0.25, 0.3) is 0 Å². The fraction of sp³-hybridized carbons (Fsp3) is 0.545. The Morgan fingerprint density at radius 3 is 2.06 bits per heavy atom. The number of carboxylic acids is 1. The number of aromatic nitrogens is 2. The van der Waals surface area contributed by atoms with E-state index in [0.29, 0.717) is 0 Å². The lowest BCUT2D eigenvalue weighted by atomic mass is 10.4. The van der Waals surface area contributed by atoms with Crippen molar-refractivity contribution in [2.75, 3.05) is 19.6 Å². The summed E-state index contributed by atoms with van der Waals surface area (Å²) in [6, 6.07) is 1.34. The first-order valence-corrected chi connectivity index (χ1v) is 5.37. The van der Waals surface area contributed by atoms with Crippen molar-refractivity contribution in [2.24, 2.45) is 0 Å². The molecular formula is C11H19N3O2. The number of hydrogen-bond acceptors (Lipinski definition) is 4. The van der Waals surface area contributed by atoms with E-state index in [1.807, 2.05) is 0 Å². The Balaban J connectivity index is 0.000000293. The first-order valence-electron chi connectivity index (χ1n) is 5.37. The maximum atomic E-state index is 10.1. The average molecular weight is 225 g/mol. The third-order valence-corrected chi connectivity index (χ3v) is 2.14. The first-order chi connectivity index (χ1) is 7.65. The normalized spacial score (nSPS) is 9.50. The topological polar surface area (TPSA) is 66.3 Å². The molecule has 0 bridgehead atoms. The third kappa shape index (κ3) is 6.08. The van der Waals surface area contributed by atoms with E-state index in [0.717, 1.165) is 0 Å². The standard InChI is InChI=1S/C6H15N.C5H4N2O2/c1-4-7(5-2)6-3;8-5(9)4-1-2-6-3-7-4/h4-6H2,1-3H3;1-3H,(H,8,9). The predicted molar refractivity (Wildman–Crippen MR) is 62.5 cm³/mol. The molecule has 90 valence electrons. The molecule has 1 aromatic rings. The van der Waals surface area contributed by atoms with Gasteiger partial charge in [-0.05, 0) is 25.7 Å². The van der Waals surface area contributed by atoms with Crippen LogP contribution in [-0.4, -0.2) is 45.6 Å². The van der Waals surface area contributed by atoms with E-state index in [-0.39, 0.29) is 5.69 Å². The number of carbonyl (C=O) groups is 1. The number of nitrogens with zero attached hydrogens (tertiary/aromatic N) is 3. The maximum Gasteiger partial charge on any atom is 0.354 e. The summed E-state index contributed by atoms with van der Waals surface area (Å²) in [5, 5.41) is 8.29. The highest BCUT2D eigenvalue weighted by atomic mass is 16.4. The van der Waals surface area contributed by atoms with Crippen LogP contribution in [0.3, 0.4) is 0 Å². The quantitative estimate of drug-likeness (QED) is 0.841. The molecule has 0 amide bonds. The molecule has 0 spiro atoms. The van der Waals surface area contributed by atoms with Gasteiger partial charge >= 0.3 is 5.97 Å². The molecule has 0 fully saturated rings. The van der Waals surface area contributed by atoms with Crippen LogP contribution in [0.4, 0.5) is 0 Å². The van der Waals surface area contributed by atoms with Crippen molar-refractivity contribution in [3.05, 3.63) is 24.3 Å². The zero-order valence-electron chi connectivity index (χ0n) is 10.1. The van der Waals surface area contributed by atoms with E-state index in [2.05, 4.69) is 35.6 Å². The van der Waals surface area contributed by atoms with Gasteiger partial charge in [0.1, 0.15) is 6.33 Å². The number of hydrogen-bond donors (Lipinski definition) is 1. The summed E-state index contributed by atoms with van der Waals surface area (Å²) in [5.74, 6) is -1.03. The largest absolute Gasteiger partial charge is 0.477 e. The molecule has 16 heavy (non-hydrogen) atoms. The molecule has 1 rings (SSSR count). The Bertz CT molecular complexity index is 281. The van der Waals surface area contributed by atoms with Crippen molar-refractivity contribution in [1.82, 2.24) is 14.9 Å². The van der Waals surface area contributed by atoms with Crippen molar-refractivity contribution in [2.45, 2.75) is 20.8 Å². The molecule has 0 aromatic carbocycles. The summed E-state index contributed by atoms with van der Waals surface area (Å²) in [5.41, 5.74) is 0.0185. The Labute approximate surface area is 96.1 Å². The van der Waals surface area contributed by atoms with Crippen LogP contribution < -0.4 is 0 Å². The van der Waals surface area contributed by atoms with Crippen LogP contribution in [0, 0.1) is 0 Å². The van der Waals surface area contributed by atoms with Crippen LogP contribution in [0.1, 0.15) is 31.3 Å². The van der Waals surface area contributed by atoms with Crippen molar-refractivity contribution in [3.63, 3.8) is 0 Å². The maximum absolute atomic E-state index is 10.1.